The van der Waals surface area contributed by atoms with Gasteiger partial charge in [-0.15, -0.1) is 0 Å². The summed E-state index contributed by atoms with van der Waals surface area (Å²) in [5.41, 5.74) is 5.45. The lowest BCUT2D eigenvalue weighted by molar-refractivity contribution is -0.131. The Morgan fingerprint density at radius 3 is 2.35 bits per heavy atom. The first-order valence-corrected chi connectivity index (χ1v) is 8.28. The van der Waals surface area contributed by atoms with Crippen molar-refractivity contribution < 1.29 is 4.79 Å². The van der Waals surface area contributed by atoms with Gasteiger partial charge in [-0.1, -0.05) is 27.2 Å². The number of nitrogens with two attached hydrogens (primary N) is 1. The summed E-state index contributed by atoms with van der Waals surface area (Å²) in [6, 6.07) is 0. The van der Waals surface area contributed by atoms with E-state index in [1.807, 2.05) is 13.8 Å². The van der Waals surface area contributed by atoms with E-state index in [9.17, 15) is 4.79 Å². The second-order valence-electron chi connectivity index (χ2n) is 6.37. The highest BCUT2D eigenvalue weighted by Gasteiger charge is 2.33. The minimum absolute atomic E-state index is 0.135. The molecule has 1 atom stereocenters. The maximum absolute atomic E-state index is 12.4. The van der Waals surface area contributed by atoms with Gasteiger partial charge in [-0.25, -0.2) is 0 Å². The molecule has 0 bridgehead atoms. The molecule has 4 heteroatoms. The predicted molar refractivity (Wildman–Crippen MR) is 84.5 cm³/mol. The summed E-state index contributed by atoms with van der Waals surface area (Å²) >= 11 is 0. The highest BCUT2D eigenvalue weighted by atomic mass is 16.2. The van der Waals surface area contributed by atoms with Gasteiger partial charge in [0.25, 0.3) is 0 Å². The Hall–Kier alpha value is -0.610. The van der Waals surface area contributed by atoms with Crippen molar-refractivity contribution in [3.63, 3.8) is 0 Å². The maximum Gasteiger partial charge on any atom is 0.227 e. The van der Waals surface area contributed by atoms with Crippen LogP contribution in [0.3, 0.4) is 0 Å². The highest BCUT2D eigenvalue weighted by Crippen LogP contribution is 2.25. The summed E-state index contributed by atoms with van der Waals surface area (Å²) in [5, 5.41) is 3.12. The number of piperidine rings is 1. The van der Waals surface area contributed by atoms with Crippen LogP contribution in [0, 0.1) is 11.3 Å². The summed E-state index contributed by atoms with van der Waals surface area (Å²) in [6.07, 6.45) is 5.63. The molecule has 1 unspecified atom stereocenters. The molecule has 3 N–H and O–H groups in total. The zero-order valence-corrected chi connectivity index (χ0v) is 13.6. The predicted octanol–water partition coefficient (Wildman–Crippen LogP) is 1.99. The molecule has 1 amide bonds. The van der Waals surface area contributed by atoms with Crippen LogP contribution >= 0.6 is 0 Å². The average Bonchev–Trinajstić information content (AvgIpc) is 2.48. The zero-order chi connectivity index (χ0) is 15.0. The SMILES string of the molecule is CCC(CC)(CN)C(=O)NCC(C)CN1CCCCC1. The van der Waals surface area contributed by atoms with Crippen LogP contribution in [-0.4, -0.2) is 43.5 Å². The van der Waals surface area contributed by atoms with Crippen LogP contribution in [0.4, 0.5) is 0 Å². The van der Waals surface area contributed by atoms with E-state index in [0.29, 0.717) is 12.5 Å². The van der Waals surface area contributed by atoms with Crippen LogP contribution < -0.4 is 11.1 Å². The molecule has 0 aromatic carbocycles. The largest absolute Gasteiger partial charge is 0.355 e. The van der Waals surface area contributed by atoms with Crippen LogP contribution in [0.1, 0.15) is 52.9 Å². The second kappa shape index (κ2) is 8.63. The third kappa shape index (κ3) is 4.74. The van der Waals surface area contributed by atoms with Crippen LogP contribution in [0.25, 0.3) is 0 Å². The van der Waals surface area contributed by atoms with E-state index in [-0.39, 0.29) is 11.3 Å². The molecule has 1 saturated heterocycles. The Labute approximate surface area is 124 Å². The molecule has 1 aliphatic heterocycles. The minimum Gasteiger partial charge on any atom is -0.355 e. The fraction of sp³-hybridized carbons (Fsp3) is 0.938. The van der Waals surface area contributed by atoms with Gasteiger partial charge in [0.05, 0.1) is 5.41 Å². The first-order valence-electron chi connectivity index (χ1n) is 8.28. The van der Waals surface area contributed by atoms with Gasteiger partial charge in [0.15, 0.2) is 0 Å². The number of hydrogen-bond acceptors (Lipinski definition) is 3. The number of hydrogen-bond donors (Lipinski definition) is 2. The topological polar surface area (TPSA) is 58.4 Å². The van der Waals surface area contributed by atoms with Crippen molar-refractivity contribution in [3.8, 4) is 0 Å². The van der Waals surface area contributed by atoms with Crippen molar-refractivity contribution in [1.82, 2.24) is 10.2 Å². The lowest BCUT2D eigenvalue weighted by Crippen LogP contribution is -2.47. The number of rotatable bonds is 8. The van der Waals surface area contributed by atoms with Crippen molar-refractivity contribution in [2.75, 3.05) is 32.7 Å². The minimum atomic E-state index is -0.370. The third-order valence-electron chi connectivity index (χ3n) is 4.86. The molecule has 1 heterocycles. The van der Waals surface area contributed by atoms with Gasteiger partial charge in [-0.05, 0) is 44.7 Å². The van der Waals surface area contributed by atoms with Gasteiger partial charge in [0, 0.05) is 19.6 Å². The molecule has 1 aliphatic rings. The smallest absolute Gasteiger partial charge is 0.227 e. The number of nitrogens with zero attached hydrogens (tertiary/aromatic N) is 1. The monoisotopic (exact) mass is 283 g/mol. The molecule has 1 fully saturated rings. The van der Waals surface area contributed by atoms with E-state index < -0.39 is 0 Å². The van der Waals surface area contributed by atoms with E-state index in [2.05, 4.69) is 17.1 Å². The van der Waals surface area contributed by atoms with E-state index in [1.165, 1.54) is 32.4 Å². The maximum atomic E-state index is 12.4. The Bertz CT molecular complexity index is 275. The highest BCUT2D eigenvalue weighted by molar-refractivity contribution is 5.82. The number of nitrogens with one attached hydrogen (secondary N) is 1. The van der Waals surface area contributed by atoms with Gasteiger partial charge >= 0.3 is 0 Å². The number of carbonyl (C=O) groups is 1. The number of carbonyl (C=O) groups excluding carboxylic acids is 1. The van der Waals surface area contributed by atoms with E-state index in [1.54, 1.807) is 0 Å². The first-order chi connectivity index (χ1) is 9.57. The molecule has 0 spiro atoms. The zero-order valence-electron chi connectivity index (χ0n) is 13.6. The third-order valence-corrected chi connectivity index (χ3v) is 4.86. The van der Waals surface area contributed by atoms with Crippen molar-refractivity contribution in [1.29, 1.82) is 0 Å². The molecular weight excluding hydrogens is 250 g/mol. The van der Waals surface area contributed by atoms with E-state index >= 15 is 0 Å². The average molecular weight is 283 g/mol. The molecule has 1 rings (SSSR count). The Balaban J connectivity index is 2.35. The van der Waals surface area contributed by atoms with Crippen molar-refractivity contribution >= 4 is 5.91 Å². The van der Waals surface area contributed by atoms with Crippen LogP contribution in [0.15, 0.2) is 0 Å². The molecule has 0 radical (unpaired) electrons. The van der Waals surface area contributed by atoms with Gasteiger partial charge in [-0.2, -0.15) is 0 Å². The first kappa shape index (κ1) is 17.4. The summed E-state index contributed by atoms with van der Waals surface area (Å²) in [5.74, 6) is 0.636. The number of amides is 1. The summed E-state index contributed by atoms with van der Waals surface area (Å²) in [6.45, 7) is 11.0. The Morgan fingerprint density at radius 1 is 1.25 bits per heavy atom. The molecule has 118 valence electrons. The summed E-state index contributed by atoms with van der Waals surface area (Å²) in [7, 11) is 0. The molecule has 0 aliphatic carbocycles. The molecule has 0 aromatic rings. The Morgan fingerprint density at radius 2 is 1.85 bits per heavy atom. The van der Waals surface area contributed by atoms with Gasteiger partial charge < -0.3 is 16.0 Å². The van der Waals surface area contributed by atoms with E-state index in [0.717, 1.165) is 25.9 Å². The van der Waals surface area contributed by atoms with Crippen LogP contribution in [0.5, 0.6) is 0 Å². The standard InChI is InChI=1S/C16H33N3O/c1-4-16(5-2,13-17)15(20)18-11-14(3)12-19-9-7-6-8-10-19/h14H,4-13,17H2,1-3H3,(H,18,20). The van der Waals surface area contributed by atoms with Gasteiger partial charge in [0.2, 0.25) is 5.91 Å². The van der Waals surface area contributed by atoms with Crippen molar-refractivity contribution in [2.45, 2.75) is 52.9 Å². The fourth-order valence-corrected chi connectivity index (χ4v) is 3.05. The number of likely N-dealkylation sites (tertiary alicyclic amines) is 1. The lowest BCUT2D eigenvalue weighted by Gasteiger charge is -2.31. The summed E-state index contributed by atoms with van der Waals surface area (Å²) < 4.78 is 0. The molecule has 4 nitrogen and oxygen atoms in total. The molecule has 0 saturated carbocycles. The van der Waals surface area contributed by atoms with Crippen molar-refractivity contribution in [3.05, 3.63) is 0 Å². The summed E-state index contributed by atoms with van der Waals surface area (Å²) in [4.78, 5) is 14.9. The quantitative estimate of drug-likeness (QED) is 0.716. The second-order valence-corrected chi connectivity index (χ2v) is 6.37. The Kier molecular flexibility index (Phi) is 7.52. The van der Waals surface area contributed by atoms with Gasteiger partial charge in [0.1, 0.15) is 0 Å². The van der Waals surface area contributed by atoms with E-state index in [4.69, 9.17) is 5.73 Å². The van der Waals surface area contributed by atoms with Crippen LogP contribution in [0.2, 0.25) is 0 Å². The normalized spacial score (nSPS) is 18.8. The molecule has 20 heavy (non-hydrogen) atoms. The van der Waals surface area contributed by atoms with Gasteiger partial charge in [-0.3, -0.25) is 4.79 Å². The van der Waals surface area contributed by atoms with Crippen molar-refractivity contribution in [2.24, 2.45) is 17.1 Å². The van der Waals surface area contributed by atoms with Crippen LogP contribution in [-0.2, 0) is 4.79 Å². The molecule has 0 aromatic heterocycles. The lowest BCUT2D eigenvalue weighted by atomic mass is 9.81. The molecular formula is C16H33N3O. The fourth-order valence-electron chi connectivity index (χ4n) is 3.05.